The fourth-order valence-electron chi connectivity index (χ4n) is 0.310. The van der Waals surface area contributed by atoms with Crippen LogP contribution in [-0.2, 0) is 0 Å². The van der Waals surface area contributed by atoms with E-state index in [0.29, 0.717) is 0 Å². The van der Waals surface area contributed by atoms with Gasteiger partial charge in [-0.2, -0.15) is 0 Å². The van der Waals surface area contributed by atoms with Crippen molar-refractivity contribution in [2.24, 2.45) is 4.99 Å². The zero-order valence-electron chi connectivity index (χ0n) is 5.81. The molecule has 0 aliphatic rings. The van der Waals surface area contributed by atoms with E-state index in [1.54, 1.807) is 0 Å². The molecule has 46 valence electrons. The van der Waals surface area contributed by atoms with Crippen LogP contribution in [0.1, 0.15) is 27.2 Å². The summed E-state index contributed by atoms with van der Waals surface area (Å²) in [4.78, 5) is 4.10. The molecule has 0 rings (SSSR count). The maximum absolute atomic E-state index is 4.10. The highest BCUT2D eigenvalue weighted by atomic mass is 14.7. The van der Waals surface area contributed by atoms with E-state index >= 15 is 0 Å². The molecule has 1 nitrogen and oxygen atoms in total. The van der Waals surface area contributed by atoms with Crippen molar-refractivity contribution in [3.63, 3.8) is 0 Å². The molecule has 0 fully saturated rings. The van der Waals surface area contributed by atoms with Crippen molar-refractivity contribution < 1.29 is 0 Å². The van der Waals surface area contributed by atoms with Crippen molar-refractivity contribution in [2.45, 2.75) is 27.2 Å². The van der Waals surface area contributed by atoms with Crippen molar-refractivity contribution in [3.05, 3.63) is 11.8 Å². The average molecular weight is 111 g/mol. The summed E-state index contributed by atoms with van der Waals surface area (Å²) >= 11 is 0. The lowest BCUT2D eigenvalue weighted by molar-refractivity contribution is 1.24. The van der Waals surface area contributed by atoms with Crippen LogP contribution in [0, 0.1) is 0 Å². The van der Waals surface area contributed by atoms with Crippen LogP contribution < -0.4 is 0 Å². The molecule has 0 unspecified atom stereocenters. The molecule has 0 aromatic heterocycles. The molecule has 0 spiro atoms. The molecule has 1 heteroatoms. The van der Waals surface area contributed by atoms with E-state index in [2.05, 4.69) is 11.9 Å². The molecular formula is C7H13N. The van der Waals surface area contributed by atoms with Gasteiger partial charge in [0, 0.05) is 11.9 Å². The largest absolute Gasteiger partial charge is 0.266 e. The van der Waals surface area contributed by atoms with Gasteiger partial charge in [0.15, 0.2) is 0 Å². The second-order valence-corrected chi connectivity index (χ2v) is 1.65. The quantitative estimate of drug-likeness (QED) is 0.485. The van der Waals surface area contributed by atoms with Crippen LogP contribution >= 0.6 is 0 Å². The van der Waals surface area contributed by atoms with Crippen LogP contribution in [0.2, 0.25) is 0 Å². The van der Waals surface area contributed by atoms with E-state index in [1.807, 2.05) is 26.1 Å². The molecule has 0 aliphatic heterocycles. The highest BCUT2D eigenvalue weighted by Gasteiger charge is 1.73. The summed E-state index contributed by atoms with van der Waals surface area (Å²) < 4.78 is 0. The topological polar surface area (TPSA) is 12.4 Å². The van der Waals surface area contributed by atoms with E-state index in [1.165, 1.54) is 0 Å². The number of allylic oxidation sites excluding steroid dienone is 2. The van der Waals surface area contributed by atoms with Crippen molar-refractivity contribution in [1.29, 1.82) is 0 Å². The highest BCUT2D eigenvalue weighted by Crippen LogP contribution is 1.90. The van der Waals surface area contributed by atoms with E-state index in [0.717, 1.165) is 12.1 Å². The maximum Gasteiger partial charge on any atom is 0.0326 e. The number of hydrogen-bond donors (Lipinski definition) is 0. The van der Waals surface area contributed by atoms with Crippen molar-refractivity contribution in [1.82, 2.24) is 0 Å². The van der Waals surface area contributed by atoms with Crippen LogP contribution in [0.25, 0.3) is 0 Å². The third-order valence-electron chi connectivity index (χ3n) is 0.895. The lowest BCUT2D eigenvalue weighted by Gasteiger charge is -1.84. The Labute approximate surface area is 51.1 Å². The van der Waals surface area contributed by atoms with E-state index in [9.17, 15) is 0 Å². The Morgan fingerprint density at radius 1 is 1.62 bits per heavy atom. The maximum atomic E-state index is 4.10. The molecule has 8 heavy (non-hydrogen) atoms. The first-order chi connectivity index (χ1) is 3.81. The normalized spacial score (nSPS) is 13.1. The summed E-state index contributed by atoms with van der Waals surface area (Å²) in [5.74, 6) is 0. The first-order valence-electron chi connectivity index (χ1n) is 2.96. The molecule has 0 aliphatic carbocycles. The minimum absolute atomic E-state index is 1.02. The zero-order chi connectivity index (χ0) is 6.41. The van der Waals surface area contributed by atoms with Gasteiger partial charge in [0.25, 0.3) is 0 Å². The summed E-state index contributed by atoms with van der Waals surface area (Å²) in [7, 11) is 0. The number of nitrogens with zero attached hydrogens (tertiary/aromatic N) is 1. The Morgan fingerprint density at radius 3 is 2.62 bits per heavy atom. The molecule has 0 heterocycles. The molecule has 0 saturated carbocycles. The van der Waals surface area contributed by atoms with Gasteiger partial charge in [-0.25, -0.2) is 0 Å². The third kappa shape index (κ3) is 3.59. The Bertz CT molecular complexity index is 101. The second-order valence-electron chi connectivity index (χ2n) is 1.65. The van der Waals surface area contributed by atoms with Crippen molar-refractivity contribution in [3.8, 4) is 0 Å². The van der Waals surface area contributed by atoms with Gasteiger partial charge in [-0.3, -0.25) is 4.99 Å². The van der Waals surface area contributed by atoms with Gasteiger partial charge in [0.05, 0.1) is 0 Å². The first kappa shape index (κ1) is 7.41. The lowest BCUT2D eigenvalue weighted by atomic mass is 10.4. The molecular weight excluding hydrogens is 98.1 g/mol. The summed E-state index contributed by atoms with van der Waals surface area (Å²) in [6, 6.07) is 0. The number of hydrogen-bond acceptors (Lipinski definition) is 1. The number of rotatable bonds is 2. The van der Waals surface area contributed by atoms with E-state index in [-0.39, 0.29) is 0 Å². The minimum atomic E-state index is 1.02. The van der Waals surface area contributed by atoms with Crippen LogP contribution in [0.4, 0.5) is 0 Å². The van der Waals surface area contributed by atoms with E-state index in [4.69, 9.17) is 0 Å². The third-order valence-corrected chi connectivity index (χ3v) is 0.895. The Hall–Kier alpha value is -0.590. The second kappa shape index (κ2) is 4.57. The predicted molar refractivity (Wildman–Crippen MR) is 38.2 cm³/mol. The van der Waals surface area contributed by atoms with Gasteiger partial charge >= 0.3 is 0 Å². The van der Waals surface area contributed by atoms with E-state index < -0.39 is 0 Å². The Balaban J connectivity index is 3.53. The smallest absolute Gasteiger partial charge is 0.0326 e. The number of aliphatic imine (C=N–C) groups is 1. The molecule has 0 saturated heterocycles. The average Bonchev–Trinajstić information content (AvgIpc) is 1.83. The fourth-order valence-corrected chi connectivity index (χ4v) is 0.310. The fraction of sp³-hybridized carbons (Fsp3) is 0.571. The van der Waals surface area contributed by atoms with Crippen molar-refractivity contribution >= 4 is 6.21 Å². The lowest BCUT2D eigenvalue weighted by Crippen LogP contribution is -1.69. The summed E-state index contributed by atoms with van der Waals surface area (Å²) in [6.07, 6.45) is 4.92. The van der Waals surface area contributed by atoms with Gasteiger partial charge in [0.2, 0.25) is 0 Å². The van der Waals surface area contributed by atoms with Gasteiger partial charge in [-0.15, -0.1) is 0 Å². The summed E-state index contributed by atoms with van der Waals surface area (Å²) in [5.41, 5.74) is 1.09. The SMILES string of the molecule is C/C=C(/C)N=CCC. The standard InChI is InChI=1S/C7H13N/c1-4-6-8-7(3)5-2/h5-6H,4H2,1-3H3/b7-5-,8-6?. The molecule has 0 N–H and O–H groups in total. The van der Waals surface area contributed by atoms with Gasteiger partial charge < -0.3 is 0 Å². The molecule has 0 aromatic rings. The first-order valence-corrected chi connectivity index (χ1v) is 2.96. The Morgan fingerprint density at radius 2 is 2.25 bits per heavy atom. The Kier molecular flexibility index (Phi) is 4.23. The van der Waals surface area contributed by atoms with Gasteiger partial charge in [-0.05, 0) is 20.3 Å². The van der Waals surface area contributed by atoms with Gasteiger partial charge in [0.1, 0.15) is 0 Å². The predicted octanol–water partition coefficient (Wildman–Crippen LogP) is 2.39. The molecule has 0 aromatic carbocycles. The van der Waals surface area contributed by atoms with Crippen LogP contribution in [0.5, 0.6) is 0 Å². The van der Waals surface area contributed by atoms with Crippen LogP contribution in [0.15, 0.2) is 16.8 Å². The van der Waals surface area contributed by atoms with Crippen LogP contribution in [-0.4, -0.2) is 6.21 Å². The zero-order valence-corrected chi connectivity index (χ0v) is 5.81. The molecule has 0 bridgehead atoms. The minimum Gasteiger partial charge on any atom is -0.266 e. The molecule has 0 atom stereocenters. The monoisotopic (exact) mass is 111 g/mol. The van der Waals surface area contributed by atoms with Crippen molar-refractivity contribution in [2.75, 3.05) is 0 Å². The highest BCUT2D eigenvalue weighted by molar-refractivity contribution is 5.58. The molecule has 0 radical (unpaired) electrons. The van der Waals surface area contributed by atoms with Gasteiger partial charge in [-0.1, -0.05) is 13.0 Å². The summed E-state index contributed by atoms with van der Waals surface area (Å²) in [6.45, 7) is 6.06. The van der Waals surface area contributed by atoms with Crippen LogP contribution in [0.3, 0.4) is 0 Å². The summed E-state index contributed by atoms with van der Waals surface area (Å²) in [5, 5.41) is 0. The molecule has 0 amide bonds.